The molecular weight excluding hydrogens is 190 g/mol. The van der Waals surface area contributed by atoms with Gasteiger partial charge in [0.2, 0.25) is 0 Å². The van der Waals surface area contributed by atoms with Gasteiger partial charge in [0, 0.05) is 0 Å². The molecule has 0 amide bonds. The summed E-state index contributed by atoms with van der Waals surface area (Å²) in [6.45, 7) is 4.25. The van der Waals surface area contributed by atoms with E-state index in [4.69, 9.17) is 17.0 Å². The van der Waals surface area contributed by atoms with Gasteiger partial charge in [-0.05, 0) is 45.3 Å². The molecule has 0 bridgehead atoms. The average molecular weight is 215 g/mol. The molecule has 0 spiro atoms. The standard InChI is InChI=1S/C10H25N5/c1-2-5-10(15-13,6-3-7-11)14-9-4-8-12/h13-14H,2-9,11-12H2,1H3. The zero-order chi connectivity index (χ0) is 11.6. The first kappa shape index (κ1) is 14.5. The maximum absolute atomic E-state index is 7.32. The molecule has 1 unspecified atom stereocenters. The maximum Gasteiger partial charge on any atom is 0.131 e. The van der Waals surface area contributed by atoms with Crippen LogP contribution in [-0.4, -0.2) is 25.3 Å². The Kier molecular flexibility index (Phi) is 8.46. The van der Waals surface area contributed by atoms with Gasteiger partial charge in [-0.2, -0.15) is 5.11 Å². The number of nitrogens with zero attached hydrogens (tertiary/aromatic N) is 1. The molecule has 5 nitrogen and oxygen atoms in total. The molecule has 6 N–H and O–H groups in total. The lowest BCUT2D eigenvalue weighted by Crippen LogP contribution is -2.44. The van der Waals surface area contributed by atoms with E-state index in [0.717, 1.165) is 38.6 Å². The second-order valence-electron chi connectivity index (χ2n) is 3.85. The summed E-state index contributed by atoms with van der Waals surface area (Å²) < 4.78 is 0. The summed E-state index contributed by atoms with van der Waals surface area (Å²) in [5.74, 6) is 0. The summed E-state index contributed by atoms with van der Waals surface area (Å²) in [6, 6.07) is 0. The van der Waals surface area contributed by atoms with Crippen LogP contribution in [0, 0.1) is 5.53 Å². The fourth-order valence-electron chi connectivity index (χ4n) is 1.68. The Morgan fingerprint density at radius 2 is 1.87 bits per heavy atom. The first-order chi connectivity index (χ1) is 7.24. The summed E-state index contributed by atoms with van der Waals surface area (Å²) in [6.07, 6.45) is 4.57. The fourth-order valence-corrected chi connectivity index (χ4v) is 1.68. The second kappa shape index (κ2) is 8.76. The van der Waals surface area contributed by atoms with Crippen LogP contribution in [0.2, 0.25) is 0 Å². The van der Waals surface area contributed by atoms with Crippen LogP contribution >= 0.6 is 0 Å². The summed E-state index contributed by atoms with van der Waals surface area (Å²) in [5, 5.41) is 7.09. The third-order valence-electron chi connectivity index (χ3n) is 2.51. The normalized spacial score (nSPS) is 14.9. The van der Waals surface area contributed by atoms with Gasteiger partial charge in [-0.15, -0.1) is 0 Å². The summed E-state index contributed by atoms with van der Waals surface area (Å²) in [5.41, 5.74) is 17.8. The van der Waals surface area contributed by atoms with E-state index in [1.54, 1.807) is 0 Å². The second-order valence-corrected chi connectivity index (χ2v) is 3.85. The van der Waals surface area contributed by atoms with Crippen molar-refractivity contribution in [2.24, 2.45) is 16.6 Å². The summed E-state index contributed by atoms with van der Waals surface area (Å²) in [4.78, 5) is 0. The highest BCUT2D eigenvalue weighted by Crippen LogP contribution is 2.20. The van der Waals surface area contributed by atoms with Gasteiger partial charge in [-0.1, -0.05) is 13.3 Å². The highest BCUT2D eigenvalue weighted by molar-refractivity contribution is 4.83. The minimum atomic E-state index is -0.400. The van der Waals surface area contributed by atoms with Gasteiger partial charge in [-0.3, -0.25) is 5.32 Å². The lowest BCUT2D eigenvalue weighted by molar-refractivity contribution is 0.266. The molecule has 0 radical (unpaired) electrons. The van der Waals surface area contributed by atoms with Crippen molar-refractivity contribution in [3.05, 3.63) is 0 Å². The van der Waals surface area contributed by atoms with Gasteiger partial charge in [0.1, 0.15) is 5.66 Å². The van der Waals surface area contributed by atoms with Crippen molar-refractivity contribution >= 4 is 0 Å². The average Bonchev–Trinajstić information content (AvgIpc) is 2.26. The Morgan fingerprint density at radius 3 is 2.33 bits per heavy atom. The van der Waals surface area contributed by atoms with Crippen molar-refractivity contribution in [2.75, 3.05) is 19.6 Å². The van der Waals surface area contributed by atoms with E-state index >= 15 is 0 Å². The zero-order valence-corrected chi connectivity index (χ0v) is 9.76. The van der Waals surface area contributed by atoms with Crippen LogP contribution in [0.15, 0.2) is 5.11 Å². The molecule has 0 aromatic heterocycles. The van der Waals surface area contributed by atoms with Crippen LogP contribution < -0.4 is 16.8 Å². The molecule has 0 aromatic carbocycles. The van der Waals surface area contributed by atoms with E-state index in [1.807, 2.05) is 0 Å². The highest BCUT2D eigenvalue weighted by atomic mass is 15.2. The van der Waals surface area contributed by atoms with Crippen LogP contribution in [0.4, 0.5) is 0 Å². The van der Waals surface area contributed by atoms with E-state index in [1.165, 1.54) is 0 Å². The largest absolute Gasteiger partial charge is 0.330 e. The molecule has 0 rings (SSSR count). The van der Waals surface area contributed by atoms with Crippen molar-refractivity contribution in [1.29, 1.82) is 5.53 Å². The van der Waals surface area contributed by atoms with E-state index < -0.39 is 5.66 Å². The third kappa shape index (κ3) is 5.81. The van der Waals surface area contributed by atoms with Gasteiger partial charge < -0.3 is 11.5 Å². The van der Waals surface area contributed by atoms with Gasteiger partial charge >= 0.3 is 0 Å². The Labute approximate surface area is 92.5 Å². The molecule has 0 aliphatic heterocycles. The Balaban J connectivity index is 4.15. The lowest BCUT2D eigenvalue weighted by Gasteiger charge is -2.29. The number of hydrogen-bond acceptors (Lipinski definition) is 5. The molecule has 0 heterocycles. The Bertz CT molecular complexity index is 162. The van der Waals surface area contributed by atoms with E-state index in [-0.39, 0.29) is 0 Å². The van der Waals surface area contributed by atoms with Crippen molar-refractivity contribution in [2.45, 2.75) is 44.7 Å². The quantitative estimate of drug-likeness (QED) is 0.325. The predicted octanol–water partition coefficient (Wildman–Crippen LogP) is 1.19. The molecule has 15 heavy (non-hydrogen) atoms. The van der Waals surface area contributed by atoms with E-state index in [0.29, 0.717) is 13.1 Å². The first-order valence-electron chi connectivity index (χ1n) is 5.78. The van der Waals surface area contributed by atoms with Crippen molar-refractivity contribution in [3.8, 4) is 0 Å². The maximum atomic E-state index is 7.32. The molecule has 0 saturated heterocycles. The molecule has 5 heteroatoms. The molecule has 0 aliphatic carbocycles. The molecule has 0 aliphatic rings. The van der Waals surface area contributed by atoms with Crippen LogP contribution in [-0.2, 0) is 0 Å². The van der Waals surface area contributed by atoms with Crippen molar-refractivity contribution < 1.29 is 0 Å². The molecule has 1 atom stereocenters. The third-order valence-corrected chi connectivity index (χ3v) is 2.51. The topological polar surface area (TPSA) is 100 Å². The summed E-state index contributed by atoms with van der Waals surface area (Å²) in [7, 11) is 0. The van der Waals surface area contributed by atoms with Gasteiger partial charge in [0.25, 0.3) is 0 Å². The minimum absolute atomic E-state index is 0.400. The minimum Gasteiger partial charge on any atom is -0.330 e. The number of nitrogens with two attached hydrogens (primary N) is 2. The summed E-state index contributed by atoms with van der Waals surface area (Å²) >= 11 is 0. The molecular formula is C10H25N5. The van der Waals surface area contributed by atoms with Crippen molar-refractivity contribution in [1.82, 2.24) is 5.32 Å². The van der Waals surface area contributed by atoms with Crippen LogP contribution in [0.25, 0.3) is 0 Å². The fraction of sp³-hybridized carbons (Fsp3) is 1.00. The predicted molar refractivity (Wildman–Crippen MR) is 62.7 cm³/mol. The van der Waals surface area contributed by atoms with Crippen LogP contribution in [0.5, 0.6) is 0 Å². The molecule has 0 aromatic rings. The smallest absolute Gasteiger partial charge is 0.131 e. The van der Waals surface area contributed by atoms with Gasteiger partial charge in [0.15, 0.2) is 0 Å². The zero-order valence-electron chi connectivity index (χ0n) is 9.76. The molecule has 90 valence electrons. The van der Waals surface area contributed by atoms with Crippen molar-refractivity contribution in [3.63, 3.8) is 0 Å². The number of nitrogens with one attached hydrogen (secondary N) is 2. The molecule has 0 saturated carbocycles. The van der Waals surface area contributed by atoms with E-state index in [2.05, 4.69) is 17.4 Å². The molecule has 0 fully saturated rings. The monoisotopic (exact) mass is 215 g/mol. The lowest BCUT2D eigenvalue weighted by atomic mass is 9.98. The first-order valence-corrected chi connectivity index (χ1v) is 5.78. The Hall–Kier alpha value is -0.520. The van der Waals surface area contributed by atoms with Gasteiger partial charge in [0.05, 0.1) is 0 Å². The SMILES string of the molecule is CCCC(CCCN)(N=N)NCCCN. The van der Waals surface area contributed by atoms with Crippen LogP contribution in [0.3, 0.4) is 0 Å². The highest BCUT2D eigenvalue weighted by Gasteiger charge is 2.26. The van der Waals surface area contributed by atoms with E-state index in [9.17, 15) is 0 Å². The van der Waals surface area contributed by atoms with Crippen LogP contribution in [0.1, 0.15) is 39.0 Å². The Morgan fingerprint density at radius 1 is 1.20 bits per heavy atom. The number of hydrogen-bond donors (Lipinski definition) is 4. The number of rotatable bonds is 10. The van der Waals surface area contributed by atoms with Gasteiger partial charge in [-0.25, -0.2) is 5.53 Å².